The second-order valence-electron chi connectivity index (χ2n) is 5.60. The van der Waals surface area contributed by atoms with Gasteiger partial charge in [-0.2, -0.15) is 0 Å². The topological polar surface area (TPSA) is 24.1 Å². The van der Waals surface area contributed by atoms with Crippen molar-refractivity contribution < 1.29 is 0 Å². The maximum Gasteiger partial charge on any atom is 0.175 e. The highest BCUT2D eigenvalue weighted by molar-refractivity contribution is 7.99. The molecular weight excluding hydrogens is 403 g/mol. The quantitative estimate of drug-likeness (QED) is 0.435. The van der Waals surface area contributed by atoms with Gasteiger partial charge in [0.1, 0.15) is 0 Å². The molecule has 0 unspecified atom stereocenters. The molecule has 0 fully saturated rings. The van der Waals surface area contributed by atoms with Crippen LogP contribution in [0.1, 0.15) is 5.56 Å². The van der Waals surface area contributed by atoms with Gasteiger partial charge in [-0.3, -0.25) is 0 Å². The van der Waals surface area contributed by atoms with Crippen LogP contribution in [0.3, 0.4) is 0 Å². The molecule has 0 aliphatic carbocycles. The lowest BCUT2D eigenvalue weighted by molar-refractivity contribution is 1.40. The molecule has 0 aliphatic rings. The van der Waals surface area contributed by atoms with E-state index in [0.717, 1.165) is 31.8 Å². The maximum absolute atomic E-state index is 6.17. The molecule has 0 saturated carbocycles. The molecule has 3 aromatic carbocycles. The summed E-state index contributed by atoms with van der Waals surface area (Å²) in [7, 11) is 0. The van der Waals surface area contributed by atoms with Crippen LogP contribution in [0.2, 0.25) is 10.0 Å². The summed E-state index contributed by atoms with van der Waals surface area (Å²) in [6.45, 7) is 1.97. The Balaban J connectivity index is 1.72. The van der Waals surface area contributed by atoms with E-state index in [4.69, 9.17) is 35.4 Å². The minimum Gasteiger partial charge on any atom is -0.332 e. The minimum absolute atomic E-state index is 0.508. The third-order valence-corrected chi connectivity index (χ3v) is 5.55. The number of hydrogen-bond donors (Lipinski definition) is 2. The average Bonchev–Trinajstić information content (AvgIpc) is 2.62. The standard InChI is InChI=1S/C20H16Cl2N2S2/c1-13-6-9-15(12-17(13)22)23-20(25)24-18-4-2-3-5-19(18)26-16-10-7-14(21)8-11-16/h2-12H,1H3,(H2,23,24,25). The van der Waals surface area contributed by atoms with Gasteiger partial charge in [-0.15, -0.1) is 0 Å². The van der Waals surface area contributed by atoms with E-state index in [0.29, 0.717) is 10.1 Å². The molecule has 132 valence electrons. The van der Waals surface area contributed by atoms with Crippen molar-refractivity contribution in [3.05, 3.63) is 82.3 Å². The number of benzene rings is 3. The predicted octanol–water partition coefficient (Wildman–Crippen LogP) is 7.26. The number of nitrogens with one attached hydrogen (secondary N) is 2. The minimum atomic E-state index is 0.508. The summed E-state index contributed by atoms with van der Waals surface area (Å²) in [5.74, 6) is 0. The van der Waals surface area contributed by atoms with Crippen molar-refractivity contribution in [3.63, 3.8) is 0 Å². The highest BCUT2D eigenvalue weighted by atomic mass is 35.5. The molecule has 0 atom stereocenters. The molecule has 0 radical (unpaired) electrons. The Hall–Kier alpha value is -1.72. The van der Waals surface area contributed by atoms with Crippen LogP contribution in [-0.4, -0.2) is 5.11 Å². The van der Waals surface area contributed by atoms with E-state index in [1.165, 1.54) is 0 Å². The third-order valence-electron chi connectivity index (χ3n) is 3.61. The number of anilines is 2. The van der Waals surface area contributed by atoms with Crippen molar-refractivity contribution in [2.45, 2.75) is 16.7 Å². The van der Waals surface area contributed by atoms with Crippen molar-refractivity contribution >= 4 is 63.7 Å². The highest BCUT2D eigenvalue weighted by Crippen LogP contribution is 2.34. The fourth-order valence-electron chi connectivity index (χ4n) is 2.24. The van der Waals surface area contributed by atoms with Gasteiger partial charge >= 0.3 is 0 Å². The van der Waals surface area contributed by atoms with Crippen LogP contribution in [0, 0.1) is 6.92 Å². The summed E-state index contributed by atoms with van der Waals surface area (Å²) < 4.78 is 0. The number of para-hydroxylation sites is 1. The molecule has 0 heterocycles. The summed E-state index contributed by atoms with van der Waals surface area (Å²) in [4.78, 5) is 2.17. The summed E-state index contributed by atoms with van der Waals surface area (Å²) >= 11 is 19.2. The highest BCUT2D eigenvalue weighted by Gasteiger charge is 2.07. The first-order valence-corrected chi connectivity index (χ1v) is 9.86. The molecule has 0 bridgehead atoms. The second kappa shape index (κ2) is 8.78. The summed E-state index contributed by atoms with van der Waals surface area (Å²) in [6.07, 6.45) is 0. The van der Waals surface area contributed by atoms with Crippen LogP contribution in [-0.2, 0) is 0 Å². The lowest BCUT2D eigenvalue weighted by Crippen LogP contribution is -2.19. The van der Waals surface area contributed by atoms with Gasteiger partial charge in [0.15, 0.2) is 5.11 Å². The fourth-order valence-corrected chi connectivity index (χ4v) is 3.68. The maximum atomic E-state index is 6.17. The van der Waals surface area contributed by atoms with Gasteiger partial charge in [0, 0.05) is 25.5 Å². The number of hydrogen-bond acceptors (Lipinski definition) is 2. The zero-order valence-electron chi connectivity index (χ0n) is 13.9. The van der Waals surface area contributed by atoms with E-state index >= 15 is 0 Å². The average molecular weight is 419 g/mol. The van der Waals surface area contributed by atoms with E-state index in [1.807, 2.05) is 73.7 Å². The predicted molar refractivity (Wildman–Crippen MR) is 118 cm³/mol. The third kappa shape index (κ3) is 5.15. The second-order valence-corrected chi connectivity index (χ2v) is 7.96. The lowest BCUT2D eigenvalue weighted by Gasteiger charge is -2.14. The summed E-state index contributed by atoms with van der Waals surface area (Å²) in [6, 6.07) is 21.5. The SMILES string of the molecule is Cc1ccc(NC(=S)Nc2ccccc2Sc2ccc(Cl)cc2)cc1Cl. The Morgan fingerprint density at radius 3 is 2.38 bits per heavy atom. The molecule has 0 aromatic heterocycles. The molecule has 0 spiro atoms. The number of aryl methyl sites for hydroxylation is 1. The van der Waals surface area contributed by atoms with Crippen LogP contribution in [0.5, 0.6) is 0 Å². The molecule has 0 saturated heterocycles. The first kappa shape index (κ1) is 19.1. The molecule has 26 heavy (non-hydrogen) atoms. The van der Waals surface area contributed by atoms with Crippen molar-refractivity contribution in [3.8, 4) is 0 Å². The Morgan fingerprint density at radius 1 is 0.923 bits per heavy atom. The summed E-state index contributed by atoms with van der Waals surface area (Å²) in [5.41, 5.74) is 2.81. The van der Waals surface area contributed by atoms with E-state index in [2.05, 4.69) is 10.6 Å². The van der Waals surface area contributed by atoms with E-state index in [9.17, 15) is 0 Å². The Kier molecular flexibility index (Phi) is 6.43. The molecule has 6 heteroatoms. The molecular formula is C20H16Cl2N2S2. The van der Waals surface area contributed by atoms with Crippen LogP contribution < -0.4 is 10.6 Å². The van der Waals surface area contributed by atoms with Crippen LogP contribution in [0.25, 0.3) is 0 Å². The van der Waals surface area contributed by atoms with Crippen LogP contribution >= 0.6 is 47.2 Å². The normalized spacial score (nSPS) is 10.4. The Morgan fingerprint density at radius 2 is 1.65 bits per heavy atom. The Bertz CT molecular complexity index is 927. The molecule has 0 aliphatic heterocycles. The van der Waals surface area contributed by atoms with E-state index in [-0.39, 0.29) is 0 Å². The van der Waals surface area contributed by atoms with Crippen molar-refractivity contribution in [1.29, 1.82) is 0 Å². The molecule has 0 amide bonds. The number of rotatable bonds is 4. The van der Waals surface area contributed by atoms with Gasteiger partial charge in [-0.1, -0.05) is 53.2 Å². The smallest absolute Gasteiger partial charge is 0.175 e. The lowest BCUT2D eigenvalue weighted by atomic mass is 10.2. The van der Waals surface area contributed by atoms with Crippen molar-refractivity contribution in [1.82, 2.24) is 0 Å². The van der Waals surface area contributed by atoms with Crippen molar-refractivity contribution in [2.75, 3.05) is 10.6 Å². The zero-order valence-corrected chi connectivity index (χ0v) is 17.1. The molecule has 2 N–H and O–H groups in total. The largest absolute Gasteiger partial charge is 0.332 e. The number of thiocarbonyl (C=S) groups is 1. The first-order valence-electron chi connectivity index (χ1n) is 7.88. The van der Waals surface area contributed by atoms with Crippen LogP contribution in [0.15, 0.2) is 76.5 Å². The monoisotopic (exact) mass is 418 g/mol. The van der Waals surface area contributed by atoms with Gasteiger partial charge in [0.25, 0.3) is 0 Å². The molecule has 3 rings (SSSR count). The van der Waals surface area contributed by atoms with Crippen LogP contribution in [0.4, 0.5) is 11.4 Å². The van der Waals surface area contributed by atoms with Gasteiger partial charge in [0.2, 0.25) is 0 Å². The summed E-state index contributed by atoms with van der Waals surface area (Å²) in [5, 5.41) is 8.36. The fraction of sp³-hybridized carbons (Fsp3) is 0.0500. The molecule has 2 nitrogen and oxygen atoms in total. The Labute approximate surface area is 172 Å². The van der Waals surface area contributed by atoms with Gasteiger partial charge in [-0.25, -0.2) is 0 Å². The van der Waals surface area contributed by atoms with Gasteiger partial charge in [0.05, 0.1) is 5.69 Å². The number of halogens is 2. The van der Waals surface area contributed by atoms with Crippen molar-refractivity contribution in [2.24, 2.45) is 0 Å². The first-order chi connectivity index (χ1) is 12.5. The zero-order chi connectivity index (χ0) is 18.5. The van der Waals surface area contributed by atoms with E-state index in [1.54, 1.807) is 11.8 Å². The van der Waals surface area contributed by atoms with Gasteiger partial charge in [-0.05, 0) is 73.2 Å². The van der Waals surface area contributed by atoms with Gasteiger partial charge < -0.3 is 10.6 Å². The molecule has 3 aromatic rings. The van der Waals surface area contributed by atoms with E-state index < -0.39 is 0 Å².